The number of nitriles is 1. The summed E-state index contributed by atoms with van der Waals surface area (Å²) in [4.78, 5) is 24.0. The van der Waals surface area contributed by atoms with Crippen molar-refractivity contribution in [2.24, 2.45) is 0 Å². The molecule has 5 nitrogen and oxygen atoms in total. The Hall–Kier alpha value is -3.13. The third-order valence-electron chi connectivity index (χ3n) is 3.48. The topological polar surface area (TPSA) is 79.2 Å². The van der Waals surface area contributed by atoms with Gasteiger partial charge in [-0.1, -0.05) is 24.3 Å². The van der Waals surface area contributed by atoms with E-state index in [1.807, 2.05) is 30.3 Å². The minimum Gasteiger partial charge on any atom is -0.462 e. The Bertz CT molecular complexity index is 875. The highest BCUT2D eigenvalue weighted by Crippen LogP contribution is 2.31. The third kappa shape index (κ3) is 2.11. The lowest BCUT2D eigenvalue weighted by atomic mass is 9.99. The van der Waals surface area contributed by atoms with Crippen LogP contribution in [0.2, 0.25) is 0 Å². The summed E-state index contributed by atoms with van der Waals surface area (Å²) in [6, 6.07) is 13.0. The number of hydrogen-bond donors (Lipinski definition) is 1. The first-order chi connectivity index (χ1) is 10.7. The molecule has 0 atom stereocenters. The molecular formula is C17H12N2O3. The molecule has 1 heterocycles. The molecule has 5 heteroatoms. The molecule has 0 bridgehead atoms. The lowest BCUT2D eigenvalue weighted by Crippen LogP contribution is -2.17. The van der Waals surface area contributed by atoms with E-state index in [2.05, 4.69) is 5.32 Å². The standard InChI is InChI=1S/C17H12N2O3/c1-2-22-17(21)14(9-18)15-12-7-10-5-3-4-6-11(10)8-13(12)16(20)19-15/h3-8H,2H2,1H3,(H,19,20)/b15-14-. The van der Waals surface area contributed by atoms with Gasteiger partial charge in [-0.2, -0.15) is 5.26 Å². The first-order valence-electron chi connectivity index (χ1n) is 6.81. The number of carbonyl (C=O) groups excluding carboxylic acids is 2. The van der Waals surface area contributed by atoms with E-state index in [9.17, 15) is 14.9 Å². The van der Waals surface area contributed by atoms with Crippen LogP contribution in [0.1, 0.15) is 22.8 Å². The van der Waals surface area contributed by atoms with Crippen LogP contribution in [0.3, 0.4) is 0 Å². The maximum absolute atomic E-state index is 12.1. The molecule has 1 amide bonds. The predicted octanol–water partition coefficient (Wildman–Crippen LogP) is 2.38. The van der Waals surface area contributed by atoms with Gasteiger partial charge >= 0.3 is 5.97 Å². The van der Waals surface area contributed by atoms with Crippen molar-refractivity contribution >= 4 is 28.3 Å². The van der Waals surface area contributed by atoms with Gasteiger partial charge in [0.1, 0.15) is 6.07 Å². The molecule has 3 rings (SSSR count). The molecule has 0 aromatic heterocycles. The number of fused-ring (bicyclic) bond motifs is 2. The highest BCUT2D eigenvalue weighted by molar-refractivity contribution is 6.16. The maximum Gasteiger partial charge on any atom is 0.351 e. The molecule has 0 radical (unpaired) electrons. The first-order valence-corrected chi connectivity index (χ1v) is 6.81. The van der Waals surface area contributed by atoms with Crippen LogP contribution >= 0.6 is 0 Å². The Morgan fingerprint density at radius 2 is 1.86 bits per heavy atom. The van der Waals surface area contributed by atoms with E-state index in [-0.39, 0.29) is 23.8 Å². The van der Waals surface area contributed by atoms with Gasteiger partial charge in [0.05, 0.1) is 12.3 Å². The van der Waals surface area contributed by atoms with E-state index in [1.54, 1.807) is 19.1 Å². The van der Waals surface area contributed by atoms with Crippen molar-refractivity contribution < 1.29 is 14.3 Å². The summed E-state index contributed by atoms with van der Waals surface area (Å²) in [5.41, 5.74) is 1.02. The molecule has 2 aromatic rings. The van der Waals surface area contributed by atoms with Gasteiger partial charge in [-0.3, -0.25) is 4.79 Å². The van der Waals surface area contributed by atoms with Gasteiger partial charge in [-0.05, 0) is 29.8 Å². The molecule has 108 valence electrons. The summed E-state index contributed by atoms with van der Waals surface area (Å²) in [5.74, 6) is -1.06. The fraction of sp³-hybridized carbons (Fsp3) is 0.118. The van der Waals surface area contributed by atoms with E-state index in [0.717, 1.165) is 10.8 Å². The second-order valence-electron chi connectivity index (χ2n) is 4.78. The molecule has 0 saturated carbocycles. The molecule has 2 aromatic carbocycles. The molecule has 1 aliphatic rings. The number of nitrogens with one attached hydrogen (secondary N) is 1. The highest BCUT2D eigenvalue weighted by Gasteiger charge is 2.29. The van der Waals surface area contributed by atoms with E-state index >= 15 is 0 Å². The number of carbonyl (C=O) groups is 2. The summed E-state index contributed by atoms with van der Waals surface area (Å²) in [5, 5.41) is 13.7. The van der Waals surface area contributed by atoms with E-state index < -0.39 is 5.97 Å². The van der Waals surface area contributed by atoms with Crippen LogP contribution in [0, 0.1) is 11.3 Å². The van der Waals surface area contributed by atoms with Gasteiger partial charge < -0.3 is 10.1 Å². The van der Waals surface area contributed by atoms with Gasteiger partial charge in [0.15, 0.2) is 5.57 Å². The SMILES string of the molecule is CCOC(=O)/C(C#N)=C1\NC(=O)c2cc3ccccc3cc21. The van der Waals surface area contributed by atoms with Crippen LogP contribution in [-0.2, 0) is 9.53 Å². The second kappa shape index (κ2) is 5.34. The van der Waals surface area contributed by atoms with Crippen LogP contribution < -0.4 is 5.32 Å². The highest BCUT2D eigenvalue weighted by atomic mass is 16.5. The zero-order valence-corrected chi connectivity index (χ0v) is 11.8. The normalized spacial score (nSPS) is 15.0. The van der Waals surface area contributed by atoms with Gasteiger partial charge in [0.2, 0.25) is 0 Å². The largest absolute Gasteiger partial charge is 0.462 e. The van der Waals surface area contributed by atoms with Crippen LogP contribution in [0.25, 0.3) is 16.5 Å². The molecule has 1 aliphatic heterocycles. The maximum atomic E-state index is 12.1. The number of hydrogen-bond acceptors (Lipinski definition) is 4. The Morgan fingerprint density at radius 3 is 2.45 bits per heavy atom. The smallest absolute Gasteiger partial charge is 0.351 e. The van der Waals surface area contributed by atoms with Crippen molar-refractivity contribution in [3.05, 3.63) is 53.1 Å². The Kier molecular flexibility index (Phi) is 3.36. The zero-order chi connectivity index (χ0) is 15.7. The van der Waals surface area contributed by atoms with Crippen LogP contribution in [0.15, 0.2) is 42.0 Å². The van der Waals surface area contributed by atoms with Crippen molar-refractivity contribution in [2.45, 2.75) is 6.92 Å². The van der Waals surface area contributed by atoms with Crippen LogP contribution in [0.4, 0.5) is 0 Å². The number of ether oxygens (including phenoxy) is 1. The minimum atomic E-state index is -0.735. The van der Waals surface area contributed by atoms with Gasteiger partial charge in [0.25, 0.3) is 5.91 Å². The number of benzene rings is 2. The van der Waals surface area contributed by atoms with E-state index in [4.69, 9.17) is 4.74 Å². The number of rotatable bonds is 2. The van der Waals surface area contributed by atoms with Crippen LogP contribution in [-0.4, -0.2) is 18.5 Å². The van der Waals surface area contributed by atoms with Crippen molar-refractivity contribution in [1.82, 2.24) is 5.32 Å². The van der Waals surface area contributed by atoms with Crippen molar-refractivity contribution in [2.75, 3.05) is 6.61 Å². The van der Waals surface area contributed by atoms with Gasteiger partial charge in [-0.25, -0.2) is 4.79 Å². The van der Waals surface area contributed by atoms with Crippen LogP contribution in [0.5, 0.6) is 0 Å². The van der Waals surface area contributed by atoms with Gasteiger partial charge in [-0.15, -0.1) is 0 Å². The van der Waals surface area contributed by atoms with Crippen molar-refractivity contribution in [1.29, 1.82) is 5.26 Å². The Labute approximate surface area is 126 Å². The fourth-order valence-electron chi connectivity index (χ4n) is 2.49. The number of esters is 1. The molecule has 0 saturated heterocycles. The molecule has 22 heavy (non-hydrogen) atoms. The first kappa shape index (κ1) is 13.8. The molecule has 1 N–H and O–H groups in total. The average molecular weight is 292 g/mol. The molecule has 0 fully saturated rings. The summed E-state index contributed by atoms with van der Waals surface area (Å²) >= 11 is 0. The predicted molar refractivity (Wildman–Crippen MR) is 80.6 cm³/mol. The summed E-state index contributed by atoms with van der Waals surface area (Å²) < 4.78 is 4.87. The monoisotopic (exact) mass is 292 g/mol. The summed E-state index contributed by atoms with van der Waals surface area (Å²) in [7, 11) is 0. The lowest BCUT2D eigenvalue weighted by molar-refractivity contribution is -0.137. The minimum absolute atomic E-state index is 0.163. The van der Waals surface area contributed by atoms with Gasteiger partial charge in [0, 0.05) is 11.1 Å². The van der Waals surface area contributed by atoms with Crippen molar-refractivity contribution in [3.63, 3.8) is 0 Å². The number of amides is 1. The Morgan fingerprint density at radius 1 is 1.23 bits per heavy atom. The molecule has 0 aliphatic carbocycles. The zero-order valence-electron chi connectivity index (χ0n) is 11.8. The molecular weight excluding hydrogens is 280 g/mol. The van der Waals surface area contributed by atoms with Crippen molar-refractivity contribution in [3.8, 4) is 6.07 Å². The Balaban J connectivity index is 2.24. The fourth-order valence-corrected chi connectivity index (χ4v) is 2.49. The summed E-state index contributed by atoms with van der Waals surface area (Å²) in [6.07, 6.45) is 0. The lowest BCUT2D eigenvalue weighted by Gasteiger charge is -2.05. The molecule has 0 spiro atoms. The van der Waals surface area contributed by atoms with E-state index in [1.165, 1.54) is 0 Å². The third-order valence-corrected chi connectivity index (χ3v) is 3.48. The van der Waals surface area contributed by atoms with E-state index in [0.29, 0.717) is 11.1 Å². The molecule has 0 unspecified atom stereocenters. The number of nitrogens with zero attached hydrogens (tertiary/aromatic N) is 1. The summed E-state index contributed by atoms with van der Waals surface area (Å²) in [6.45, 7) is 1.82. The second-order valence-corrected chi connectivity index (χ2v) is 4.78. The average Bonchev–Trinajstić information content (AvgIpc) is 2.83. The quantitative estimate of drug-likeness (QED) is 0.523.